The van der Waals surface area contributed by atoms with E-state index in [2.05, 4.69) is 10.4 Å². The summed E-state index contributed by atoms with van der Waals surface area (Å²) in [4.78, 5) is 0. The minimum Gasteiger partial charge on any atom is -0.480 e. The van der Waals surface area contributed by atoms with E-state index in [0.29, 0.717) is 6.04 Å². The molecule has 1 atom stereocenters. The van der Waals surface area contributed by atoms with Crippen molar-refractivity contribution in [3.05, 3.63) is 11.8 Å². The third-order valence-electron chi connectivity index (χ3n) is 2.45. The predicted octanol–water partition coefficient (Wildman–Crippen LogP) is 0.853. The lowest BCUT2D eigenvalue weighted by Crippen LogP contribution is -2.12. The highest BCUT2D eigenvalue weighted by molar-refractivity contribution is 5.27. The van der Waals surface area contributed by atoms with Crippen LogP contribution in [-0.2, 0) is 7.05 Å². The summed E-state index contributed by atoms with van der Waals surface area (Å²) in [6, 6.07) is 0.434. The Morgan fingerprint density at radius 2 is 2.54 bits per heavy atom. The second-order valence-electron chi connectivity index (χ2n) is 3.42. The van der Waals surface area contributed by atoms with Crippen LogP contribution < -0.4 is 10.1 Å². The van der Waals surface area contributed by atoms with Crippen LogP contribution in [0.2, 0.25) is 0 Å². The molecule has 0 bridgehead atoms. The molecular weight excluding hydrogens is 166 g/mol. The van der Waals surface area contributed by atoms with Gasteiger partial charge in [0.15, 0.2) is 0 Å². The van der Waals surface area contributed by atoms with Crippen LogP contribution in [0, 0.1) is 0 Å². The van der Waals surface area contributed by atoms with Crippen LogP contribution in [0.15, 0.2) is 6.20 Å². The van der Waals surface area contributed by atoms with E-state index in [0.717, 1.165) is 12.4 Å². The number of aromatic nitrogens is 2. The number of rotatable bonds is 2. The highest BCUT2D eigenvalue weighted by Gasteiger charge is 2.21. The number of aryl methyl sites for hydroxylation is 1. The van der Waals surface area contributed by atoms with Crippen LogP contribution >= 0.6 is 0 Å². The summed E-state index contributed by atoms with van der Waals surface area (Å²) in [5, 5.41) is 7.66. The van der Waals surface area contributed by atoms with Crippen molar-refractivity contribution in [3.8, 4) is 5.88 Å². The van der Waals surface area contributed by atoms with E-state index in [9.17, 15) is 0 Å². The summed E-state index contributed by atoms with van der Waals surface area (Å²) in [6.45, 7) is 1.10. The molecule has 2 rings (SSSR count). The van der Waals surface area contributed by atoms with E-state index in [1.54, 1.807) is 11.8 Å². The number of nitrogens with one attached hydrogen (secondary N) is 1. The van der Waals surface area contributed by atoms with Crippen molar-refractivity contribution in [2.24, 2.45) is 7.05 Å². The van der Waals surface area contributed by atoms with Gasteiger partial charge < -0.3 is 10.1 Å². The van der Waals surface area contributed by atoms with Crippen LogP contribution in [0.1, 0.15) is 24.4 Å². The van der Waals surface area contributed by atoms with Gasteiger partial charge in [-0.2, -0.15) is 0 Å². The van der Waals surface area contributed by atoms with E-state index >= 15 is 0 Å². The highest BCUT2D eigenvalue weighted by atomic mass is 16.5. The van der Waals surface area contributed by atoms with Crippen molar-refractivity contribution >= 4 is 0 Å². The quantitative estimate of drug-likeness (QED) is 0.735. The van der Waals surface area contributed by atoms with Gasteiger partial charge in [0.1, 0.15) is 0 Å². The van der Waals surface area contributed by atoms with Crippen LogP contribution in [0.5, 0.6) is 5.88 Å². The first-order valence-electron chi connectivity index (χ1n) is 4.62. The Balaban J connectivity index is 2.26. The lowest BCUT2D eigenvalue weighted by Gasteiger charge is -2.08. The summed E-state index contributed by atoms with van der Waals surface area (Å²) in [6.07, 6.45) is 4.45. The number of hydrogen-bond acceptors (Lipinski definition) is 3. The molecule has 1 aromatic heterocycles. The average molecular weight is 181 g/mol. The van der Waals surface area contributed by atoms with Gasteiger partial charge in [-0.05, 0) is 19.4 Å². The number of hydrogen-bond donors (Lipinski definition) is 1. The maximum Gasteiger partial charge on any atom is 0.237 e. The molecule has 4 heteroatoms. The van der Waals surface area contributed by atoms with Gasteiger partial charge in [0.2, 0.25) is 5.88 Å². The summed E-state index contributed by atoms with van der Waals surface area (Å²) in [7, 11) is 3.59. The van der Waals surface area contributed by atoms with Crippen molar-refractivity contribution in [1.82, 2.24) is 15.1 Å². The van der Waals surface area contributed by atoms with Crippen molar-refractivity contribution in [3.63, 3.8) is 0 Å². The van der Waals surface area contributed by atoms with Gasteiger partial charge in [-0.15, -0.1) is 5.10 Å². The Labute approximate surface area is 77.9 Å². The zero-order valence-corrected chi connectivity index (χ0v) is 8.08. The topological polar surface area (TPSA) is 39.1 Å². The van der Waals surface area contributed by atoms with Gasteiger partial charge >= 0.3 is 0 Å². The summed E-state index contributed by atoms with van der Waals surface area (Å²) in [5.74, 6) is 0.752. The molecule has 1 aliphatic heterocycles. The van der Waals surface area contributed by atoms with Gasteiger partial charge in [0.25, 0.3) is 0 Å². The van der Waals surface area contributed by atoms with Crippen molar-refractivity contribution in [2.45, 2.75) is 18.9 Å². The normalized spacial score (nSPS) is 22.2. The van der Waals surface area contributed by atoms with Gasteiger partial charge in [-0.3, -0.25) is 4.68 Å². The molecule has 0 spiro atoms. The van der Waals surface area contributed by atoms with E-state index in [-0.39, 0.29) is 0 Å². The Bertz CT molecular complexity index is 289. The van der Waals surface area contributed by atoms with E-state index in [1.807, 2.05) is 13.2 Å². The molecule has 1 aromatic rings. The van der Waals surface area contributed by atoms with Crippen LogP contribution in [0.25, 0.3) is 0 Å². The molecule has 13 heavy (non-hydrogen) atoms. The first kappa shape index (κ1) is 8.56. The lowest BCUT2D eigenvalue weighted by molar-refractivity contribution is 0.383. The molecule has 0 amide bonds. The number of nitrogens with zero attached hydrogens (tertiary/aromatic N) is 2. The molecule has 72 valence electrons. The largest absolute Gasteiger partial charge is 0.480 e. The fourth-order valence-corrected chi connectivity index (χ4v) is 1.83. The predicted molar refractivity (Wildman–Crippen MR) is 49.7 cm³/mol. The smallest absolute Gasteiger partial charge is 0.237 e. The maximum absolute atomic E-state index is 5.21. The molecule has 1 unspecified atom stereocenters. The van der Waals surface area contributed by atoms with E-state index in [4.69, 9.17) is 4.74 Å². The Kier molecular flexibility index (Phi) is 2.22. The van der Waals surface area contributed by atoms with E-state index in [1.165, 1.54) is 18.4 Å². The first-order chi connectivity index (χ1) is 6.31. The summed E-state index contributed by atoms with van der Waals surface area (Å²) >= 11 is 0. The molecular formula is C9H15N3O. The first-order valence-corrected chi connectivity index (χ1v) is 4.62. The maximum atomic E-state index is 5.21. The van der Waals surface area contributed by atoms with Crippen molar-refractivity contribution in [1.29, 1.82) is 0 Å². The molecule has 1 N–H and O–H groups in total. The molecule has 0 saturated carbocycles. The summed E-state index contributed by atoms with van der Waals surface area (Å²) < 4.78 is 7.01. The Hall–Kier alpha value is -1.03. The second-order valence-corrected chi connectivity index (χ2v) is 3.42. The zero-order chi connectivity index (χ0) is 9.26. The third kappa shape index (κ3) is 1.54. The summed E-state index contributed by atoms with van der Waals surface area (Å²) in [5.41, 5.74) is 1.18. The van der Waals surface area contributed by atoms with E-state index < -0.39 is 0 Å². The fourth-order valence-electron chi connectivity index (χ4n) is 1.83. The van der Waals surface area contributed by atoms with Crippen LogP contribution in [0.4, 0.5) is 0 Å². The standard InChI is InChI=1S/C9H15N3O/c1-12-6-7(9(11-12)13-2)8-4-3-5-10-8/h6,8,10H,3-5H2,1-2H3. The molecule has 2 heterocycles. The van der Waals surface area contributed by atoms with Crippen LogP contribution in [0.3, 0.4) is 0 Å². The van der Waals surface area contributed by atoms with Gasteiger partial charge in [0.05, 0.1) is 12.7 Å². The third-order valence-corrected chi connectivity index (χ3v) is 2.45. The molecule has 1 aliphatic rings. The Morgan fingerprint density at radius 3 is 3.15 bits per heavy atom. The molecule has 4 nitrogen and oxygen atoms in total. The monoisotopic (exact) mass is 181 g/mol. The van der Waals surface area contributed by atoms with Crippen LogP contribution in [-0.4, -0.2) is 23.4 Å². The highest BCUT2D eigenvalue weighted by Crippen LogP contribution is 2.29. The molecule has 0 aromatic carbocycles. The minimum atomic E-state index is 0.434. The second kappa shape index (κ2) is 3.38. The van der Waals surface area contributed by atoms with Gasteiger partial charge in [0, 0.05) is 19.3 Å². The van der Waals surface area contributed by atoms with Gasteiger partial charge in [-0.1, -0.05) is 0 Å². The van der Waals surface area contributed by atoms with Gasteiger partial charge in [-0.25, -0.2) is 0 Å². The fraction of sp³-hybridized carbons (Fsp3) is 0.667. The molecule has 0 radical (unpaired) electrons. The lowest BCUT2D eigenvalue weighted by atomic mass is 10.1. The van der Waals surface area contributed by atoms with Crippen molar-refractivity contribution < 1.29 is 4.74 Å². The molecule has 1 saturated heterocycles. The SMILES string of the molecule is COc1nn(C)cc1C1CCCN1. The molecule has 0 aliphatic carbocycles. The zero-order valence-electron chi connectivity index (χ0n) is 8.08. The minimum absolute atomic E-state index is 0.434. The number of ether oxygens (including phenoxy) is 1. The molecule has 1 fully saturated rings. The van der Waals surface area contributed by atoms with Crippen molar-refractivity contribution in [2.75, 3.05) is 13.7 Å². The Morgan fingerprint density at radius 1 is 1.69 bits per heavy atom. The average Bonchev–Trinajstić information content (AvgIpc) is 2.71. The number of methoxy groups -OCH3 is 1.